The number of thiol groups is 1. The number of benzene rings is 1. The van der Waals surface area contributed by atoms with E-state index in [2.05, 4.69) is 21.4 Å². The van der Waals surface area contributed by atoms with E-state index in [9.17, 15) is 8.42 Å². The van der Waals surface area contributed by atoms with Crippen LogP contribution in [0.5, 0.6) is 0 Å². The number of halogens is 1. The minimum atomic E-state index is -3.69. The molecule has 0 radical (unpaired) electrons. The van der Waals surface area contributed by atoms with Crippen molar-refractivity contribution in [2.75, 3.05) is 20.6 Å². The molecule has 0 aliphatic rings. The Morgan fingerprint density at radius 1 is 1.22 bits per heavy atom. The van der Waals surface area contributed by atoms with E-state index in [1.54, 1.807) is 12.1 Å². The fourth-order valence-electron chi connectivity index (χ4n) is 1.47. The molecule has 0 spiro atoms. The zero-order chi connectivity index (χ0) is 12.9. The van der Waals surface area contributed by atoms with Gasteiger partial charge in [-0.1, -0.05) is 12.1 Å². The monoisotopic (exact) mass is 311 g/mol. The van der Waals surface area contributed by atoms with Crippen molar-refractivity contribution in [2.24, 2.45) is 0 Å². The number of nitrogens with zero attached hydrogens (tertiary/aromatic N) is 1. The van der Waals surface area contributed by atoms with Crippen LogP contribution in [0.3, 0.4) is 0 Å². The maximum Gasteiger partial charge on any atom is 0.307 e. The molecule has 1 aromatic rings. The molecule has 0 unspecified atom stereocenters. The van der Waals surface area contributed by atoms with Crippen molar-refractivity contribution < 1.29 is 12.0 Å². The van der Waals surface area contributed by atoms with E-state index in [-0.39, 0.29) is 17.3 Å². The summed E-state index contributed by atoms with van der Waals surface area (Å²) < 4.78 is 26.8. The van der Waals surface area contributed by atoms with Crippen molar-refractivity contribution in [3.8, 4) is 0 Å². The first-order valence-corrected chi connectivity index (χ1v) is 7.05. The Balaban J connectivity index is 0.00000289. The largest absolute Gasteiger partial charge is 0.309 e. The maximum absolute atomic E-state index is 11.3. The van der Waals surface area contributed by atoms with Crippen molar-refractivity contribution in [3.63, 3.8) is 0 Å². The first-order chi connectivity index (χ1) is 7.95. The molecule has 0 amide bonds. The topological polar surface area (TPSA) is 46.6 Å². The molecule has 0 saturated heterocycles. The predicted molar refractivity (Wildman–Crippen MR) is 77.8 cm³/mol. The summed E-state index contributed by atoms with van der Waals surface area (Å²) in [5.74, 6) is 0. The Morgan fingerprint density at radius 3 is 2.22 bits per heavy atom. The fourth-order valence-corrected chi connectivity index (χ4v) is 2.28. The Hall–Kier alpha value is -0.270. The summed E-state index contributed by atoms with van der Waals surface area (Å²) in [6.07, 6.45) is 1.97. The van der Waals surface area contributed by atoms with Gasteiger partial charge in [0.15, 0.2) is 0 Å². The normalized spacial score (nSPS) is 11.3. The Bertz CT molecular complexity index is 446. The van der Waals surface area contributed by atoms with Crippen LogP contribution in [0.4, 0.5) is 0 Å². The molecule has 4 nitrogen and oxygen atoms in total. The van der Waals surface area contributed by atoms with Crippen LogP contribution in [0.2, 0.25) is 0 Å². The van der Waals surface area contributed by atoms with Gasteiger partial charge in [-0.2, -0.15) is 12.0 Å². The highest BCUT2D eigenvalue weighted by Crippen LogP contribution is 2.15. The summed E-state index contributed by atoms with van der Waals surface area (Å²) in [5.41, 5.74) is 1.12. The third kappa shape index (κ3) is 5.58. The van der Waals surface area contributed by atoms with E-state index in [1.807, 2.05) is 14.1 Å². The van der Waals surface area contributed by atoms with Crippen LogP contribution < -0.4 is 0 Å². The molecule has 0 heterocycles. The third-order valence-corrected chi connectivity index (χ3v) is 4.02. The van der Waals surface area contributed by atoms with Crippen LogP contribution in [-0.2, 0) is 20.2 Å². The van der Waals surface area contributed by atoms with Gasteiger partial charge < -0.3 is 4.90 Å². The van der Waals surface area contributed by atoms with Crippen LogP contribution in [0.25, 0.3) is 0 Å². The van der Waals surface area contributed by atoms with E-state index >= 15 is 0 Å². The summed E-state index contributed by atoms with van der Waals surface area (Å²) in [4.78, 5) is 2.25. The number of rotatable bonds is 6. The quantitative estimate of drug-likeness (QED) is 0.646. The molecule has 0 saturated carbocycles. The smallest absolute Gasteiger partial charge is 0.307 e. The highest BCUT2D eigenvalue weighted by molar-refractivity contribution is 7.95. The lowest BCUT2D eigenvalue weighted by atomic mass is 10.1. The zero-order valence-corrected chi connectivity index (χ0v) is 12.9. The summed E-state index contributed by atoms with van der Waals surface area (Å²) in [7, 11) is 0.362. The van der Waals surface area contributed by atoms with Crippen molar-refractivity contribution in [3.05, 3.63) is 29.8 Å². The van der Waals surface area contributed by atoms with Gasteiger partial charge in [0.25, 0.3) is 0 Å². The van der Waals surface area contributed by atoms with Gasteiger partial charge in [-0.3, -0.25) is 0 Å². The van der Waals surface area contributed by atoms with Crippen LogP contribution in [0, 0.1) is 0 Å². The lowest BCUT2D eigenvalue weighted by Crippen LogP contribution is -2.13. The second-order valence-electron chi connectivity index (χ2n) is 4.08. The molecule has 0 atom stereocenters. The van der Waals surface area contributed by atoms with Crippen LogP contribution >= 0.6 is 25.3 Å². The van der Waals surface area contributed by atoms with Crippen molar-refractivity contribution >= 4 is 35.4 Å². The Morgan fingerprint density at radius 2 is 1.78 bits per heavy atom. The average Bonchev–Trinajstić information content (AvgIpc) is 2.29. The number of aryl methyl sites for hydroxylation is 1. The van der Waals surface area contributed by atoms with E-state index < -0.39 is 10.1 Å². The summed E-state index contributed by atoms with van der Waals surface area (Å²) in [6, 6.07) is 6.68. The second kappa shape index (κ2) is 8.01. The lowest BCUT2D eigenvalue weighted by molar-refractivity contribution is 0.400. The number of hydrogen-bond donors (Lipinski definition) is 1. The minimum Gasteiger partial charge on any atom is -0.309 e. The first-order valence-electron chi connectivity index (χ1n) is 5.27. The van der Waals surface area contributed by atoms with Crippen LogP contribution in [0.1, 0.15) is 12.0 Å². The molecule has 1 rings (SSSR count). The van der Waals surface area contributed by atoms with E-state index in [0.717, 1.165) is 24.9 Å². The zero-order valence-electron chi connectivity index (χ0n) is 10.4. The predicted octanol–water partition coefficient (Wildman–Crippen LogP) is 2.15. The molecule has 0 bridgehead atoms. The molecule has 0 N–H and O–H groups in total. The maximum atomic E-state index is 11.3. The molecule has 0 fully saturated rings. The lowest BCUT2D eigenvalue weighted by Gasteiger charge is -2.09. The first kappa shape index (κ1) is 17.7. The van der Waals surface area contributed by atoms with E-state index in [1.165, 1.54) is 12.1 Å². The minimum absolute atomic E-state index is 0. The van der Waals surface area contributed by atoms with Gasteiger partial charge in [-0.05, 0) is 64.1 Å². The SMILES string of the molecule is CN(C)CCCc1ccc(S(=O)(=O)OS)cc1.Cl. The Labute approximate surface area is 120 Å². The summed E-state index contributed by atoms with van der Waals surface area (Å²) in [6.45, 7) is 1.01. The second-order valence-corrected chi connectivity index (χ2v) is 6.06. The fraction of sp³-hybridized carbons (Fsp3) is 0.455. The van der Waals surface area contributed by atoms with E-state index in [4.69, 9.17) is 0 Å². The van der Waals surface area contributed by atoms with Gasteiger partial charge in [0.2, 0.25) is 0 Å². The van der Waals surface area contributed by atoms with Crippen LogP contribution in [0.15, 0.2) is 29.2 Å². The summed E-state index contributed by atoms with van der Waals surface area (Å²) >= 11 is 3.32. The molecule has 0 aliphatic heterocycles. The van der Waals surface area contributed by atoms with Crippen molar-refractivity contribution in [1.82, 2.24) is 4.90 Å². The van der Waals surface area contributed by atoms with Gasteiger partial charge in [-0.25, -0.2) is 0 Å². The van der Waals surface area contributed by atoms with E-state index in [0.29, 0.717) is 0 Å². The standard InChI is InChI=1S/C11H17NO3S2.ClH/c1-12(2)9-3-4-10-5-7-11(8-6-10)17(13,14)15-16;/h5-8,16H,3-4,9H2,1-2H3;1H. The molecule has 7 heteroatoms. The molecule has 1 aromatic carbocycles. The molecular weight excluding hydrogens is 294 g/mol. The highest BCUT2D eigenvalue weighted by Gasteiger charge is 2.12. The average molecular weight is 312 g/mol. The van der Waals surface area contributed by atoms with Gasteiger partial charge in [-0.15, -0.1) is 12.4 Å². The molecule has 104 valence electrons. The van der Waals surface area contributed by atoms with Gasteiger partial charge >= 0.3 is 10.1 Å². The highest BCUT2D eigenvalue weighted by atomic mass is 35.5. The molecule has 18 heavy (non-hydrogen) atoms. The number of hydrogen-bond acceptors (Lipinski definition) is 5. The summed E-state index contributed by atoms with van der Waals surface area (Å²) in [5, 5.41) is 0. The molecule has 0 aliphatic carbocycles. The van der Waals surface area contributed by atoms with Gasteiger partial charge in [0, 0.05) is 0 Å². The van der Waals surface area contributed by atoms with Crippen molar-refractivity contribution in [2.45, 2.75) is 17.7 Å². The molecular formula is C11H18ClNO3S2. The van der Waals surface area contributed by atoms with Crippen molar-refractivity contribution in [1.29, 1.82) is 0 Å². The van der Waals surface area contributed by atoms with Gasteiger partial charge in [0.1, 0.15) is 0 Å². The Kier molecular flexibility index (Phi) is 7.89. The van der Waals surface area contributed by atoms with Crippen LogP contribution in [-0.4, -0.2) is 34.0 Å². The third-order valence-electron chi connectivity index (χ3n) is 2.38. The molecule has 0 aromatic heterocycles. The van der Waals surface area contributed by atoms with Gasteiger partial charge in [0.05, 0.1) is 4.90 Å².